The molecule has 8 heteroatoms. The van der Waals surface area contributed by atoms with Gasteiger partial charge in [-0.3, -0.25) is 4.79 Å². The highest BCUT2D eigenvalue weighted by Crippen LogP contribution is 2.21. The van der Waals surface area contributed by atoms with E-state index in [0.717, 1.165) is 12.8 Å². The first-order chi connectivity index (χ1) is 12.4. The zero-order valence-corrected chi connectivity index (χ0v) is 16.1. The van der Waals surface area contributed by atoms with E-state index in [9.17, 15) is 19.5 Å². The second-order valence-corrected chi connectivity index (χ2v) is 6.65. The Bertz CT molecular complexity index is 471. The highest BCUT2D eigenvalue weighted by atomic mass is 16.6. The summed E-state index contributed by atoms with van der Waals surface area (Å²) in [5.74, 6) is -1.66. The number of piperidine rings is 1. The van der Waals surface area contributed by atoms with Crippen molar-refractivity contribution in [1.82, 2.24) is 9.80 Å². The van der Waals surface area contributed by atoms with Crippen molar-refractivity contribution in [3.8, 4) is 0 Å². The minimum Gasteiger partial charge on any atom is -0.480 e. The molecule has 2 amide bonds. The summed E-state index contributed by atoms with van der Waals surface area (Å²) < 4.78 is 10.2. The van der Waals surface area contributed by atoms with Crippen LogP contribution in [0.5, 0.6) is 0 Å². The van der Waals surface area contributed by atoms with Gasteiger partial charge in [-0.05, 0) is 32.6 Å². The summed E-state index contributed by atoms with van der Waals surface area (Å²) in [5, 5.41) is 9.31. The lowest BCUT2D eigenvalue weighted by Gasteiger charge is -2.35. The number of carboxylic acid groups (broad SMARTS) is 1. The van der Waals surface area contributed by atoms with Crippen molar-refractivity contribution in [3.63, 3.8) is 0 Å². The predicted octanol–water partition coefficient (Wildman–Crippen LogP) is 1.97. The van der Waals surface area contributed by atoms with Crippen LogP contribution in [0.4, 0.5) is 4.79 Å². The van der Waals surface area contributed by atoms with Crippen LogP contribution >= 0.6 is 0 Å². The maximum Gasteiger partial charge on any atom is 0.409 e. The standard InChI is InChI=1S/C18H32N2O6/c1-4-5-12-26-18(24)19-9-6-8-15(13-19)16(21)20(10-7-11-25-3)14(2)17(22)23/h14-15H,4-13H2,1-3H3,(H,22,23)/t14?,15-/m1/s1. The number of amides is 2. The van der Waals surface area contributed by atoms with Gasteiger partial charge in [-0.2, -0.15) is 0 Å². The van der Waals surface area contributed by atoms with Crippen LogP contribution in [0.1, 0.15) is 46.0 Å². The summed E-state index contributed by atoms with van der Waals surface area (Å²) in [6, 6.07) is -0.911. The van der Waals surface area contributed by atoms with E-state index < -0.39 is 24.0 Å². The van der Waals surface area contributed by atoms with Crippen molar-refractivity contribution in [3.05, 3.63) is 0 Å². The maximum atomic E-state index is 12.9. The first kappa shape index (κ1) is 22.2. The third kappa shape index (κ3) is 6.82. The second-order valence-electron chi connectivity index (χ2n) is 6.65. The number of carbonyl (C=O) groups is 3. The molecule has 1 saturated heterocycles. The van der Waals surface area contributed by atoms with Crippen LogP contribution in [0, 0.1) is 5.92 Å². The molecule has 0 aromatic heterocycles. The van der Waals surface area contributed by atoms with Crippen LogP contribution in [0.3, 0.4) is 0 Å². The van der Waals surface area contributed by atoms with E-state index in [1.165, 1.54) is 11.8 Å². The molecule has 0 spiro atoms. The van der Waals surface area contributed by atoms with Gasteiger partial charge >= 0.3 is 12.1 Å². The maximum absolute atomic E-state index is 12.9. The van der Waals surface area contributed by atoms with Crippen LogP contribution in [0.25, 0.3) is 0 Å². The fourth-order valence-electron chi connectivity index (χ4n) is 2.98. The van der Waals surface area contributed by atoms with E-state index in [0.29, 0.717) is 45.6 Å². The zero-order chi connectivity index (χ0) is 19.5. The molecule has 8 nitrogen and oxygen atoms in total. The number of hydrogen-bond donors (Lipinski definition) is 1. The Labute approximate surface area is 155 Å². The van der Waals surface area contributed by atoms with E-state index in [4.69, 9.17) is 9.47 Å². The Balaban J connectivity index is 2.70. The highest BCUT2D eigenvalue weighted by molar-refractivity contribution is 5.85. The largest absolute Gasteiger partial charge is 0.480 e. The number of hydrogen-bond acceptors (Lipinski definition) is 5. The Morgan fingerprint density at radius 3 is 2.62 bits per heavy atom. The van der Waals surface area contributed by atoms with Gasteiger partial charge in [0.15, 0.2) is 0 Å². The molecule has 1 fully saturated rings. The molecule has 2 atom stereocenters. The topological polar surface area (TPSA) is 96.4 Å². The van der Waals surface area contributed by atoms with Crippen LogP contribution in [0.15, 0.2) is 0 Å². The smallest absolute Gasteiger partial charge is 0.409 e. The molecule has 0 aromatic rings. The van der Waals surface area contributed by atoms with Crippen LogP contribution in [-0.2, 0) is 19.1 Å². The monoisotopic (exact) mass is 372 g/mol. The molecule has 1 aliphatic heterocycles. The van der Waals surface area contributed by atoms with Gasteiger partial charge in [0.2, 0.25) is 5.91 Å². The number of likely N-dealkylation sites (tertiary alicyclic amines) is 1. The van der Waals surface area contributed by atoms with Crippen LogP contribution in [-0.4, -0.2) is 78.9 Å². The normalized spacial score (nSPS) is 18.3. The SMILES string of the molecule is CCCCOC(=O)N1CCC[C@@H](C(=O)N(CCCOC)C(C)C(=O)O)C1. The van der Waals surface area contributed by atoms with Crippen LogP contribution in [0.2, 0.25) is 0 Å². The number of ether oxygens (including phenoxy) is 2. The van der Waals surface area contributed by atoms with Crippen molar-refractivity contribution >= 4 is 18.0 Å². The predicted molar refractivity (Wildman–Crippen MR) is 95.9 cm³/mol. The minimum atomic E-state index is -1.04. The van der Waals surface area contributed by atoms with Gasteiger partial charge in [-0.25, -0.2) is 9.59 Å². The third-order valence-electron chi connectivity index (χ3n) is 4.61. The summed E-state index contributed by atoms with van der Waals surface area (Å²) in [6.07, 6.45) is 3.27. The first-order valence-corrected chi connectivity index (χ1v) is 9.36. The van der Waals surface area contributed by atoms with Gasteiger partial charge in [-0.1, -0.05) is 13.3 Å². The highest BCUT2D eigenvalue weighted by Gasteiger charge is 2.35. The lowest BCUT2D eigenvalue weighted by Crippen LogP contribution is -2.51. The van der Waals surface area contributed by atoms with E-state index in [-0.39, 0.29) is 12.5 Å². The van der Waals surface area contributed by atoms with E-state index in [1.54, 1.807) is 12.0 Å². The quantitative estimate of drug-likeness (QED) is 0.589. The van der Waals surface area contributed by atoms with E-state index in [2.05, 4.69) is 0 Å². The Hall–Kier alpha value is -1.83. The fraction of sp³-hybridized carbons (Fsp3) is 0.833. The molecule has 1 heterocycles. The van der Waals surface area contributed by atoms with Gasteiger partial charge in [-0.15, -0.1) is 0 Å². The van der Waals surface area contributed by atoms with Gasteiger partial charge < -0.3 is 24.4 Å². The van der Waals surface area contributed by atoms with E-state index in [1.807, 2.05) is 6.92 Å². The van der Waals surface area contributed by atoms with Crippen molar-refractivity contribution in [1.29, 1.82) is 0 Å². The summed E-state index contributed by atoms with van der Waals surface area (Å²) in [7, 11) is 1.57. The van der Waals surface area contributed by atoms with E-state index >= 15 is 0 Å². The summed E-state index contributed by atoms with van der Waals surface area (Å²) in [4.78, 5) is 39.4. The third-order valence-corrected chi connectivity index (χ3v) is 4.61. The fourth-order valence-corrected chi connectivity index (χ4v) is 2.98. The Morgan fingerprint density at radius 2 is 2.00 bits per heavy atom. The average molecular weight is 372 g/mol. The number of aliphatic carboxylic acids is 1. The summed E-state index contributed by atoms with van der Waals surface area (Å²) in [6.45, 7) is 5.51. The molecule has 1 N–H and O–H groups in total. The second kappa shape index (κ2) is 11.7. The molecular weight excluding hydrogens is 340 g/mol. The Kier molecular flexibility index (Phi) is 10.0. The molecule has 1 unspecified atom stereocenters. The van der Waals surface area contributed by atoms with Crippen molar-refractivity contribution in [2.24, 2.45) is 5.92 Å². The van der Waals surface area contributed by atoms with Gasteiger partial charge in [0, 0.05) is 33.4 Å². The number of rotatable bonds is 10. The molecule has 0 radical (unpaired) electrons. The summed E-state index contributed by atoms with van der Waals surface area (Å²) in [5.41, 5.74) is 0. The van der Waals surface area contributed by atoms with Crippen molar-refractivity contribution in [2.75, 3.05) is 40.0 Å². The zero-order valence-electron chi connectivity index (χ0n) is 16.1. The minimum absolute atomic E-state index is 0.220. The lowest BCUT2D eigenvalue weighted by atomic mass is 9.96. The number of carboxylic acids is 1. The first-order valence-electron chi connectivity index (χ1n) is 9.36. The molecule has 150 valence electrons. The van der Waals surface area contributed by atoms with Crippen molar-refractivity contribution < 1.29 is 29.0 Å². The number of unbranched alkanes of at least 4 members (excludes halogenated alkanes) is 1. The molecule has 0 bridgehead atoms. The molecule has 0 aromatic carbocycles. The van der Waals surface area contributed by atoms with Gasteiger partial charge in [0.1, 0.15) is 6.04 Å². The lowest BCUT2D eigenvalue weighted by molar-refractivity contribution is -0.152. The number of nitrogens with zero attached hydrogens (tertiary/aromatic N) is 2. The summed E-state index contributed by atoms with van der Waals surface area (Å²) >= 11 is 0. The average Bonchev–Trinajstić information content (AvgIpc) is 2.64. The number of carbonyl (C=O) groups excluding carboxylic acids is 2. The molecule has 26 heavy (non-hydrogen) atoms. The molecule has 1 aliphatic rings. The molecular formula is C18H32N2O6. The molecule has 1 rings (SSSR count). The van der Waals surface area contributed by atoms with Crippen molar-refractivity contribution in [2.45, 2.75) is 52.0 Å². The van der Waals surface area contributed by atoms with Gasteiger partial charge in [0.25, 0.3) is 0 Å². The Morgan fingerprint density at radius 1 is 1.27 bits per heavy atom. The van der Waals surface area contributed by atoms with Crippen LogP contribution < -0.4 is 0 Å². The molecule has 0 aliphatic carbocycles. The van der Waals surface area contributed by atoms with Gasteiger partial charge in [0.05, 0.1) is 12.5 Å². The molecule has 0 saturated carbocycles. The number of methoxy groups -OCH3 is 1.